The van der Waals surface area contributed by atoms with Crippen molar-refractivity contribution in [3.63, 3.8) is 0 Å². The van der Waals surface area contributed by atoms with Crippen LogP contribution >= 0.6 is 11.6 Å². The van der Waals surface area contributed by atoms with Gasteiger partial charge in [0.05, 0.1) is 0 Å². The molecule has 5 nitrogen and oxygen atoms in total. The van der Waals surface area contributed by atoms with Crippen LogP contribution in [0.3, 0.4) is 0 Å². The summed E-state index contributed by atoms with van der Waals surface area (Å²) in [5.74, 6) is 0.250. The lowest BCUT2D eigenvalue weighted by atomic mass is 9.86. The highest BCUT2D eigenvalue weighted by Gasteiger charge is 2.30. The van der Waals surface area contributed by atoms with Gasteiger partial charge in [-0.25, -0.2) is 0 Å². The fourth-order valence-corrected chi connectivity index (χ4v) is 3.80. The summed E-state index contributed by atoms with van der Waals surface area (Å²) in [6.07, 6.45) is 1.30. The van der Waals surface area contributed by atoms with E-state index in [1.165, 1.54) is 0 Å². The van der Waals surface area contributed by atoms with Crippen LogP contribution in [-0.2, 0) is 21.5 Å². The number of amides is 2. The smallest absolute Gasteiger partial charge is 0.261 e. The number of hydrogen-bond donors (Lipinski definition) is 1. The van der Waals surface area contributed by atoms with E-state index in [9.17, 15) is 9.59 Å². The minimum atomic E-state index is -0.621. The highest BCUT2D eigenvalue weighted by atomic mass is 35.5. The molecule has 0 radical (unpaired) electrons. The van der Waals surface area contributed by atoms with Crippen LogP contribution in [0.1, 0.15) is 65.5 Å². The molecule has 2 atom stereocenters. The molecule has 2 rings (SSSR count). The van der Waals surface area contributed by atoms with Gasteiger partial charge in [0.15, 0.2) is 6.61 Å². The third-order valence-electron chi connectivity index (χ3n) is 5.73. The second-order valence-corrected chi connectivity index (χ2v) is 9.80. The van der Waals surface area contributed by atoms with Gasteiger partial charge in [-0.2, -0.15) is 0 Å². The molecular weight excluding hydrogens is 436 g/mol. The number of rotatable bonds is 10. The van der Waals surface area contributed by atoms with Crippen LogP contribution < -0.4 is 10.1 Å². The predicted octanol–water partition coefficient (Wildman–Crippen LogP) is 5.74. The zero-order chi connectivity index (χ0) is 24.6. The molecule has 6 heteroatoms. The molecule has 2 unspecified atom stereocenters. The van der Waals surface area contributed by atoms with E-state index in [-0.39, 0.29) is 36.4 Å². The summed E-state index contributed by atoms with van der Waals surface area (Å²) < 4.78 is 6.00. The zero-order valence-electron chi connectivity index (χ0n) is 20.7. The number of nitrogens with zero attached hydrogens (tertiary/aromatic N) is 1. The number of ether oxygens (including phenoxy) is 1. The zero-order valence-corrected chi connectivity index (χ0v) is 21.4. The van der Waals surface area contributed by atoms with Gasteiger partial charge >= 0.3 is 0 Å². The van der Waals surface area contributed by atoms with Gasteiger partial charge in [0.1, 0.15) is 11.8 Å². The van der Waals surface area contributed by atoms with Crippen LogP contribution in [0, 0.1) is 0 Å². The van der Waals surface area contributed by atoms with Crippen LogP contribution in [0.4, 0.5) is 0 Å². The molecule has 0 bridgehead atoms. The van der Waals surface area contributed by atoms with Crippen molar-refractivity contribution in [3.8, 4) is 5.75 Å². The minimum Gasteiger partial charge on any atom is -0.483 e. The Morgan fingerprint density at radius 3 is 2.27 bits per heavy atom. The number of halogens is 1. The van der Waals surface area contributed by atoms with E-state index in [2.05, 4.69) is 26.1 Å². The van der Waals surface area contributed by atoms with Crippen LogP contribution in [0.25, 0.3) is 0 Å². The molecule has 0 aromatic heterocycles. The van der Waals surface area contributed by atoms with Gasteiger partial charge in [0.25, 0.3) is 5.91 Å². The van der Waals surface area contributed by atoms with Crippen LogP contribution in [-0.4, -0.2) is 35.4 Å². The maximum Gasteiger partial charge on any atom is 0.261 e. The summed E-state index contributed by atoms with van der Waals surface area (Å²) in [6, 6.07) is 14.5. The lowest BCUT2D eigenvalue weighted by molar-refractivity contribution is -0.143. The Balaban J connectivity index is 2.30. The van der Waals surface area contributed by atoms with Gasteiger partial charge in [-0.15, -0.1) is 0 Å². The number of nitrogens with one attached hydrogen (secondary N) is 1. The van der Waals surface area contributed by atoms with Crippen molar-refractivity contribution in [2.75, 3.05) is 6.61 Å². The van der Waals surface area contributed by atoms with Crippen molar-refractivity contribution in [1.29, 1.82) is 0 Å². The number of benzene rings is 2. The molecule has 33 heavy (non-hydrogen) atoms. The minimum absolute atomic E-state index is 0.0266. The molecular formula is C27H37ClN2O3. The molecule has 0 saturated carbocycles. The Labute approximate surface area is 203 Å². The van der Waals surface area contributed by atoms with E-state index in [4.69, 9.17) is 16.3 Å². The van der Waals surface area contributed by atoms with Crippen molar-refractivity contribution in [3.05, 3.63) is 64.7 Å². The molecule has 0 fully saturated rings. The summed E-state index contributed by atoms with van der Waals surface area (Å²) in [5.41, 5.74) is 1.69. The summed E-state index contributed by atoms with van der Waals surface area (Å²) >= 11 is 6.38. The Morgan fingerprint density at radius 2 is 1.67 bits per heavy atom. The lowest BCUT2D eigenvalue weighted by Crippen LogP contribution is -2.51. The second kappa shape index (κ2) is 12.1. The van der Waals surface area contributed by atoms with Gasteiger partial charge in [-0.3, -0.25) is 9.59 Å². The highest BCUT2D eigenvalue weighted by Crippen LogP contribution is 2.31. The number of para-hydroxylation sites is 1. The molecule has 2 aromatic carbocycles. The van der Waals surface area contributed by atoms with Crippen LogP contribution in [0.15, 0.2) is 48.5 Å². The van der Waals surface area contributed by atoms with Gasteiger partial charge in [-0.1, -0.05) is 82.6 Å². The maximum absolute atomic E-state index is 13.4. The Kier molecular flexibility index (Phi) is 9.78. The molecule has 0 saturated heterocycles. The number of hydrogen-bond acceptors (Lipinski definition) is 3. The third kappa shape index (κ3) is 7.50. The summed E-state index contributed by atoms with van der Waals surface area (Å²) in [7, 11) is 0. The molecule has 180 valence electrons. The molecule has 0 aliphatic heterocycles. The number of carbonyl (C=O) groups is 2. The third-order valence-corrected chi connectivity index (χ3v) is 6.10. The molecule has 0 aliphatic carbocycles. The normalized spacial score (nSPS) is 13.2. The largest absolute Gasteiger partial charge is 0.483 e. The van der Waals surface area contributed by atoms with Crippen molar-refractivity contribution < 1.29 is 14.3 Å². The fourth-order valence-electron chi connectivity index (χ4n) is 3.61. The van der Waals surface area contributed by atoms with Crippen molar-refractivity contribution >= 4 is 23.4 Å². The lowest BCUT2D eigenvalue weighted by Gasteiger charge is -2.32. The monoisotopic (exact) mass is 472 g/mol. The van der Waals surface area contributed by atoms with Crippen LogP contribution in [0.5, 0.6) is 5.75 Å². The Morgan fingerprint density at radius 1 is 1.03 bits per heavy atom. The quantitative estimate of drug-likeness (QED) is 0.479. The van der Waals surface area contributed by atoms with Crippen molar-refractivity contribution in [1.82, 2.24) is 10.2 Å². The summed E-state index contributed by atoms with van der Waals surface area (Å²) in [4.78, 5) is 28.1. The van der Waals surface area contributed by atoms with Crippen molar-refractivity contribution in [2.24, 2.45) is 0 Å². The van der Waals surface area contributed by atoms with E-state index < -0.39 is 6.04 Å². The summed E-state index contributed by atoms with van der Waals surface area (Å²) in [5, 5.41) is 3.57. The maximum atomic E-state index is 13.4. The Bertz CT molecular complexity index is 939. The van der Waals surface area contributed by atoms with Gasteiger partial charge < -0.3 is 15.0 Å². The van der Waals surface area contributed by atoms with Crippen molar-refractivity contribution in [2.45, 2.75) is 78.4 Å². The molecule has 2 amide bonds. The molecule has 0 heterocycles. The molecule has 2 aromatic rings. The van der Waals surface area contributed by atoms with E-state index >= 15 is 0 Å². The summed E-state index contributed by atoms with van der Waals surface area (Å²) in [6.45, 7) is 12.3. The topological polar surface area (TPSA) is 58.6 Å². The van der Waals surface area contributed by atoms with Crippen LogP contribution in [0.2, 0.25) is 5.02 Å². The fraction of sp³-hybridized carbons (Fsp3) is 0.481. The number of carbonyl (C=O) groups excluding carboxylic acids is 2. The molecule has 1 N–H and O–H groups in total. The van der Waals surface area contributed by atoms with Gasteiger partial charge in [0, 0.05) is 17.6 Å². The Hall–Kier alpha value is -2.53. The molecule has 0 spiro atoms. The molecule has 0 aliphatic rings. The van der Waals surface area contributed by atoms with Gasteiger partial charge in [0.2, 0.25) is 5.91 Å². The standard InChI is InChI=1S/C27H37ClN2O3/c1-7-19(3)29-26(32)23(8-2)30(17-20-13-9-11-15-22(20)28)25(31)18-33-24-16-12-10-14-21(24)27(4,5)6/h9-16,19,23H,7-8,17-18H2,1-6H3,(H,29,32). The predicted molar refractivity (Wildman–Crippen MR) is 135 cm³/mol. The van der Waals surface area contributed by atoms with E-state index in [1.54, 1.807) is 11.0 Å². The average Bonchev–Trinajstić information content (AvgIpc) is 2.78. The van der Waals surface area contributed by atoms with Gasteiger partial charge in [-0.05, 0) is 48.4 Å². The first-order valence-electron chi connectivity index (χ1n) is 11.6. The SMILES string of the molecule is CCC(C)NC(=O)C(CC)N(Cc1ccccc1Cl)C(=O)COc1ccccc1C(C)(C)C. The van der Waals surface area contributed by atoms with E-state index in [1.807, 2.05) is 63.2 Å². The highest BCUT2D eigenvalue weighted by molar-refractivity contribution is 6.31. The second-order valence-electron chi connectivity index (χ2n) is 9.39. The first-order valence-corrected chi connectivity index (χ1v) is 12.0. The van der Waals surface area contributed by atoms with E-state index in [0.29, 0.717) is 17.2 Å². The first-order chi connectivity index (χ1) is 15.6. The van der Waals surface area contributed by atoms with E-state index in [0.717, 1.165) is 17.5 Å². The first kappa shape index (κ1) is 26.7. The average molecular weight is 473 g/mol.